The van der Waals surface area contributed by atoms with Gasteiger partial charge in [-0.3, -0.25) is 9.78 Å². The largest absolute Gasteiger partial charge is 0.369 e. The Labute approximate surface area is 128 Å². The van der Waals surface area contributed by atoms with Gasteiger partial charge in [0.25, 0.3) is 5.56 Å². The second kappa shape index (κ2) is 4.88. The van der Waals surface area contributed by atoms with Crippen LogP contribution >= 0.6 is 22.9 Å². The topological polar surface area (TPSA) is 76.1 Å². The minimum absolute atomic E-state index is 0.0956. The molecule has 0 fully saturated rings. The molecule has 0 saturated carbocycles. The molecular formula is C14H9ClN4OS. The first-order valence-corrected chi connectivity index (χ1v) is 7.17. The van der Waals surface area contributed by atoms with Gasteiger partial charge >= 0.3 is 0 Å². The van der Waals surface area contributed by atoms with Crippen molar-refractivity contribution in [3.8, 4) is 10.4 Å². The Morgan fingerprint density at radius 3 is 2.95 bits per heavy atom. The summed E-state index contributed by atoms with van der Waals surface area (Å²) in [5.41, 5.74) is 7.36. The van der Waals surface area contributed by atoms with Gasteiger partial charge in [0, 0.05) is 9.90 Å². The molecule has 0 amide bonds. The number of anilines is 1. The quantitative estimate of drug-likeness (QED) is 0.671. The third-order valence-electron chi connectivity index (χ3n) is 3.15. The highest BCUT2D eigenvalue weighted by Crippen LogP contribution is 2.38. The van der Waals surface area contributed by atoms with E-state index in [2.05, 4.69) is 14.8 Å². The van der Waals surface area contributed by atoms with E-state index in [1.54, 1.807) is 12.1 Å². The summed E-state index contributed by atoms with van der Waals surface area (Å²) in [6.07, 6.45) is 0. The standard InChI is InChI=1S/C14H9ClN4OS/c1-6-10-12(20)18-14(16)19-13(10)21-11(6)7-3-4-8(15)9(5-7)17-2/h3-5H,1H3,(H3,16,18,19,20). The van der Waals surface area contributed by atoms with E-state index in [9.17, 15) is 4.79 Å². The number of aromatic nitrogens is 2. The zero-order chi connectivity index (χ0) is 15.1. The van der Waals surface area contributed by atoms with Crippen molar-refractivity contribution in [2.24, 2.45) is 0 Å². The fraction of sp³-hybridized carbons (Fsp3) is 0.0714. The highest BCUT2D eigenvalue weighted by atomic mass is 35.5. The summed E-state index contributed by atoms with van der Waals surface area (Å²) < 4.78 is 0. The SMILES string of the molecule is [C-]#[N+]c1cc(-c2sc3nc(N)[nH]c(=O)c3c2C)ccc1Cl. The summed E-state index contributed by atoms with van der Waals surface area (Å²) in [5, 5.41) is 0.941. The van der Waals surface area contributed by atoms with E-state index in [4.69, 9.17) is 23.9 Å². The molecule has 0 unspecified atom stereocenters. The maximum Gasteiger partial charge on any atom is 0.261 e. The van der Waals surface area contributed by atoms with Crippen molar-refractivity contribution in [1.29, 1.82) is 0 Å². The van der Waals surface area contributed by atoms with Gasteiger partial charge < -0.3 is 5.73 Å². The number of nitrogen functional groups attached to an aromatic ring is 1. The van der Waals surface area contributed by atoms with Crippen LogP contribution in [0.5, 0.6) is 0 Å². The van der Waals surface area contributed by atoms with Gasteiger partial charge in [0.1, 0.15) is 4.83 Å². The first-order valence-electron chi connectivity index (χ1n) is 5.97. The van der Waals surface area contributed by atoms with Crippen molar-refractivity contribution >= 4 is 44.8 Å². The van der Waals surface area contributed by atoms with Crippen molar-refractivity contribution in [3.63, 3.8) is 0 Å². The third kappa shape index (κ3) is 2.17. The van der Waals surface area contributed by atoms with Gasteiger partial charge in [-0.2, -0.15) is 0 Å². The van der Waals surface area contributed by atoms with Crippen LogP contribution in [0.15, 0.2) is 23.0 Å². The smallest absolute Gasteiger partial charge is 0.261 e. The average molecular weight is 317 g/mol. The Morgan fingerprint density at radius 2 is 2.24 bits per heavy atom. The van der Waals surface area contributed by atoms with E-state index in [1.807, 2.05) is 13.0 Å². The number of H-pyrrole nitrogens is 1. The van der Waals surface area contributed by atoms with Crippen LogP contribution in [0.25, 0.3) is 25.5 Å². The summed E-state index contributed by atoms with van der Waals surface area (Å²) in [5.74, 6) is 0.0956. The summed E-state index contributed by atoms with van der Waals surface area (Å²) in [6, 6.07) is 5.22. The van der Waals surface area contributed by atoms with Gasteiger partial charge in [0.2, 0.25) is 11.6 Å². The zero-order valence-corrected chi connectivity index (χ0v) is 12.5. The maximum atomic E-state index is 12.0. The number of nitrogens with zero attached hydrogens (tertiary/aromatic N) is 2. The molecule has 2 heterocycles. The van der Waals surface area contributed by atoms with Crippen molar-refractivity contribution in [3.05, 3.63) is 50.6 Å². The van der Waals surface area contributed by atoms with Crippen LogP contribution in [0.2, 0.25) is 5.02 Å². The predicted octanol–water partition coefficient (Wildman–Crippen LogP) is 3.75. The number of thiophene rings is 1. The molecule has 7 heteroatoms. The van der Waals surface area contributed by atoms with E-state index >= 15 is 0 Å². The number of halogens is 1. The number of benzene rings is 1. The number of aryl methyl sites for hydroxylation is 1. The van der Waals surface area contributed by atoms with Crippen LogP contribution in [0.4, 0.5) is 11.6 Å². The molecule has 1 aromatic carbocycles. The molecule has 5 nitrogen and oxygen atoms in total. The Kier molecular flexibility index (Phi) is 3.16. The molecule has 3 aromatic rings. The van der Waals surface area contributed by atoms with Crippen LogP contribution in [0.3, 0.4) is 0 Å². The Bertz CT molecular complexity index is 967. The molecule has 0 saturated heterocycles. The Morgan fingerprint density at radius 1 is 1.48 bits per heavy atom. The van der Waals surface area contributed by atoms with E-state index in [0.717, 1.165) is 16.0 Å². The number of aromatic amines is 1. The number of fused-ring (bicyclic) bond motifs is 1. The second-order valence-corrected chi connectivity index (χ2v) is 5.87. The Balaban J connectivity index is 2.32. The lowest BCUT2D eigenvalue weighted by Crippen LogP contribution is -2.10. The molecule has 0 atom stereocenters. The molecule has 2 aromatic heterocycles. The summed E-state index contributed by atoms with van der Waals surface area (Å²) in [6.45, 7) is 8.98. The molecule has 3 rings (SSSR count). The van der Waals surface area contributed by atoms with E-state index < -0.39 is 0 Å². The van der Waals surface area contributed by atoms with Gasteiger partial charge in [-0.15, -0.1) is 11.3 Å². The fourth-order valence-electron chi connectivity index (χ4n) is 2.18. The van der Waals surface area contributed by atoms with Crippen LogP contribution in [-0.4, -0.2) is 9.97 Å². The molecular weight excluding hydrogens is 308 g/mol. The third-order valence-corrected chi connectivity index (χ3v) is 4.70. The van der Waals surface area contributed by atoms with Crippen LogP contribution < -0.4 is 11.3 Å². The molecule has 0 aliphatic carbocycles. The first-order chi connectivity index (χ1) is 10.0. The number of hydrogen-bond acceptors (Lipinski definition) is 4. The summed E-state index contributed by atoms with van der Waals surface area (Å²) in [4.78, 5) is 23.5. The van der Waals surface area contributed by atoms with Gasteiger partial charge in [-0.1, -0.05) is 23.7 Å². The molecule has 0 spiro atoms. The van der Waals surface area contributed by atoms with Gasteiger partial charge in [-0.25, -0.2) is 9.83 Å². The first kappa shape index (κ1) is 13.6. The predicted molar refractivity (Wildman–Crippen MR) is 86.1 cm³/mol. The van der Waals surface area contributed by atoms with E-state index in [0.29, 0.717) is 20.9 Å². The van der Waals surface area contributed by atoms with Crippen molar-refractivity contribution in [1.82, 2.24) is 9.97 Å². The van der Waals surface area contributed by atoms with Crippen molar-refractivity contribution in [2.75, 3.05) is 5.73 Å². The molecule has 0 aliphatic rings. The van der Waals surface area contributed by atoms with Crippen LogP contribution in [-0.2, 0) is 0 Å². The average Bonchev–Trinajstić information content (AvgIpc) is 2.76. The fourth-order valence-corrected chi connectivity index (χ4v) is 3.52. The van der Waals surface area contributed by atoms with Gasteiger partial charge in [0.05, 0.1) is 12.0 Å². The maximum absolute atomic E-state index is 12.0. The van der Waals surface area contributed by atoms with Crippen LogP contribution in [0.1, 0.15) is 5.56 Å². The molecule has 21 heavy (non-hydrogen) atoms. The minimum atomic E-state index is -0.253. The van der Waals surface area contributed by atoms with Gasteiger partial charge in [-0.05, 0) is 24.1 Å². The highest BCUT2D eigenvalue weighted by molar-refractivity contribution is 7.22. The Hall–Kier alpha value is -2.36. The molecule has 0 radical (unpaired) electrons. The lowest BCUT2D eigenvalue weighted by atomic mass is 10.1. The molecule has 104 valence electrons. The minimum Gasteiger partial charge on any atom is -0.369 e. The summed E-state index contributed by atoms with van der Waals surface area (Å²) in [7, 11) is 0. The number of hydrogen-bond donors (Lipinski definition) is 2. The molecule has 0 bridgehead atoms. The second-order valence-electron chi connectivity index (χ2n) is 4.47. The number of nitrogens with one attached hydrogen (secondary N) is 1. The molecule has 0 aliphatic heterocycles. The van der Waals surface area contributed by atoms with Crippen molar-refractivity contribution < 1.29 is 0 Å². The molecule has 3 N–H and O–H groups in total. The number of rotatable bonds is 1. The monoisotopic (exact) mass is 316 g/mol. The zero-order valence-electron chi connectivity index (χ0n) is 10.9. The van der Waals surface area contributed by atoms with Gasteiger partial charge in [0.15, 0.2) is 0 Å². The van der Waals surface area contributed by atoms with Crippen molar-refractivity contribution in [2.45, 2.75) is 6.92 Å². The summed E-state index contributed by atoms with van der Waals surface area (Å²) >= 11 is 7.33. The van der Waals surface area contributed by atoms with E-state index in [-0.39, 0.29) is 11.5 Å². The lowest BCUT2D eigenvalue weighted by Gasteiger charge is -2.02. The number of nitrogens with two attached hydrogens (primary N) is 1. The normalized spacial score (nSPS) is 10.7. The lowest BCUT2D eigenvalue weighted by molar-refractivity contribution is 1.19. The highest BCUT2D eigenvalue weighted by Gasteiger charge is 2.15. The van der Waals surface area contributed by atoms with E-state index in [1.165, 1.54) is 11.3 Å². The van der Waals surface area contributed by atoms with Crippen LogP contribution in [0, 0.1) is 13.5 Å².